The van der Waals surface area contributed by atoms with Crippen LogP contribution in [0.25, 0.3) is 11.6 Å². The van der Waals surface area contributed by atoms with Gasteiger partial charge < -0.3 is 43.4 Å². The van der Waals surface area contributed by atoms with E-state index in [2.05, 4.69) is 9.13 Å². The Bertz CT molecular complexity index is 1480. The molecule has 44 heavy (non-hydrogen) atoms. The van der Waals surface area contributed by atoms with Gasteiger partial charge in [0.05, 0.1) is 37.5 Å². The van der Waals surface area contributed by atoms with Crippen LogP contribution < -0.4 is 52.6 Å². The molecule has 2 aromatic heterocycles. The summed E-state index contributed by atoms with van der Waals surface area (Å²) < 4.78 is 18.8. The largest absolute Gasteiger partial charge is 1.00 e. The molecule has 0 fully saturated rings. The Morgan fingerprint density at radius 1 is 0.636 bits per heavy atom. The number of methoxy groups -OCH3 is 2. The van der Waals surface area contributed by atoms with Gasteiger partial charge in [-0.1, -0.05) is 0 Å². The van der Waals surface area contributed by atoms with Gasteiger partial charge in [0.15, 0.2) is 24.7 Å². The number of hydrogen-bond donors (Lipinski definition) is 0. The predicted molar refractivity (Wildman–Crippen MR) is 154 cm³/mol. The van der Waals surface area contributed by atoms with Crippen LogP contribution in [0.4, 0.5) is 0 Å². The molecule has 0 amide bonds. The van der Waals surface area contributed by atoms with Crippen molar-refractivity contribution in [1.82, 2.24) is 19.6 Å². The number of benzene rings is 2. The van der Waals surface area contributed by atoms with Gasteiger partial charge >= 0.3 is 11.6 Å². The summed E-state index contributed by atoms with van der Waals surface area (Å²) in [5, 5.41) is 10.1. The van der Waals surface area contributed by atoms with Crippen LogP contribution in [0.2, 0.25) is 0 Å². The van der Waals surface area contributed by atoms with Crippen molar-refractivity contribution < 1.29 is 62.2 Å². The fourth-order valence-electron chi connectivity index (χ4n) is 6.03. The van der Waals surface area contributed by atoms with Gasteiger partial charge in [-0.05, 0) is 87.1 Å². The summed E-state index contributed by atoms with van der Waals surface area (Å²) in [4.78, 5) is 26.7. The van der Waals surface area contributed by atoms with E-state index < -0.39 is 0 Å². The lowest BCUT2D eigenvalue weighted by molar-refractivity contribution is -0.721. The molecular formula is C32H38Br2N6O4. The van der Waals surface area contributed by atoms with E-state index in [1.807, 2.05) is 33.6 Å². The summed E-state index contributed by atoms with van der Waals surface area (Å²) in [6.45, 7) is 1.97. The zero-order valence-corrected chi connectivity index (χ0v) is 28.3. The number of halogens is 2. The van der Waals surface area contributed by atoms with Gasteiger partial charge in [0.1, 0.15) is 11.5 Å². The molecule has 0 spiro atoms. The molecule has 0 unspecified atom stereocenters. The van der Waals surface area contributed by atoms with E-state index in [1.165, 1.54) is 0 Å². The number of carbonyl (C=O) groups is 2. The second kappa shape index (κ2) is 15.1. The number of rotatable bonds is 9. The minimum atomic E-state index is 0. The Kier molecular flexibility index (Phi) is 11.5. The highest BCUT2D eigenvalue weighted by molar-refractivity contribution is 5.96. The fraction of sp³-hybridized carbons (Fsp3) is 0.438. The van der Waals surface area contributed by atoms with Crippen LogP contribution in [0.15, 0.2) is 48.5 Å². The first-order chi connectivity index (χ1) is 20.6. The number of hydrogen-bond acceptors (Lipinski definition) is 6. The Labute approximate surface area is 278 Å². The van der Waals surface area contributed by atoms with Crippen LogP contribution in [0.3, 0.4) is 0 Å². The van der Waals surface area contributed by atoms with Crippen LogP contribution in [0, 0.1) is 0 Å². The van der Waals surface area contributed by atoms with Gasteiger partial charge in [-0.3, -0.25) is 9.59 Å². The normalized spacial score (nSPS) is 14.1. The number of Topliss-reactive ketones (excluding diaryl/α,β-unsaturated/α-hetero) is 2. The molecule has 234 valence electrons. The van der Waals surface area contributed by atoms with E-state index in [0.717, 1.165) is 99.3 Å². The number of ketones is 2. The van der Waals surface area contributed by atoms with Gasteiger partial charge in [0, 0.05) is 24.0 Å². The smallest absolute Gasteiger partial charge is 0.382 e. The van der Waals surface area contributed by atoms with E-state index in [-0.39, 0.29) is 58.6 Å². The molecular weight excluding hydrogens is 692 g/mol. The summed E-state index contributed by atoms with van der Waals surface area (Å²) in [6.07, 6.45) is 8.17. The quantitative estimate of drug-likeness (QED) is 0.141. The van der Waals surface area contributed by atoms with Crippen LogP contribution in [0.1, 0.15) is 70.9 Å². The standard InChI is InChI=1S/C32H38N6O4.2BrH/c1-41-25-15-11-23(12-16-25)27(39)21-37-29-9-5-3-7-19-35(29)31(33-37)32-34-38(30-10-6-4-8-20-36(30)32)22-28(40)24-13-17-26(42-2)18-14-24;;/h11-18H,3-10,19-22H2,1-2H3;2*1H/q+2;;/p-2. The van der Waals surface area contributed by atoms with Gasteiger partial charge in [0.25, 0.3) is 0 Å². The van der Waals surface area contributed by atoms with Crippen molar-refractivity contribution in [3.8, 4) is 23.1 Å². The molecule has 0 atom stereocenters. The van der Waals surface area contributed by atoms with Crippen molar-refractivity contribution in [2.45, 2.75) is 77.5 Å². The lowest BCUT2D eigenvalue weighted by atomic mass is 10.1. The highest BCUT2D eigenvalue weighted by Gasteiger charge is 2.39. The van der Waals surface area contributed by atoms with E-state index in [1.54, 1.807) is 38.5 Å². The molecule has 0 aliphatic carbocycles. The summed E-state index contributed by atoms with van der Waals surface area (Å²) in [5.74, 6) is 5.09. The third-order valence-corrected chi connectivity index (χ3v) is 8.34. The molecule has 0 bridgehead atoms. The molecule has 4 heterocycles. The number of aromatic nitrogens is 6. The molecule has 6 rings (SSSR count). The maximum Gasteiger partial charge on any atom is 0.382 e. The molecule has 2 aliphatic heterocycles. The molecule has 0 saturated heterocycles. The number of fused-ring (bicyclic) bond motifs is 2. The average Bonchev–Trinajstić information content (AvgIpc) is 3.27. The van der Waals surface area contributed by atoms with Crippen molar-refractivity contribution in [2.75, 3.05) is 14.2 Å². The number of carbonyl (C=O) groups excluding carboxylic acids is 2. The molecule has 0 saturated carbocycles. The maximum absolute atomic E-state index is 13.3. The van der Waals surface area contributed by atoms with Gasteiger partial charge in [-0.15, -0.1) is 9.36 Å². The summed E-state index contributed by atoms with van der Waals surface area (Å²) >= 11 is 0. The molecule has 2 aliphatic rings. The summed E-state index contributed by atoms with van der Waals surface area (Å²) in [7, 11) is 3.23. The molecule has 0 radical (unpaired) electrons. The lowest BCUT2D eigenvalue weighted by Gasteiger charge is -2.03. The fourth-order valence-corrected chi connectivity index (χ4v) is 6.03. The minimum absolute atomic E-state index is 0. The first kappa shape index (κ1) is 33.5. The van der Waals surface area contributed by atoms with E-state index in [0.29, 0.717) is 11.1 Å². The third kappa shape index (κ3) is 6.96. The van der Waals surface area contributed by atoms with Crippen molar-refractivity contribution in [1.29, 1.82) is 0 Å². The van der Waals surface area contributed by atoms with E-state index >= 15 is 0 Å². The minimum Gasteiger partial charge on any atom is -1.00 e. The SMILES string of the molecule is COc1ccc(C(=O)Cn2nc(-c3nn(CC(=O)c4ccc(OC)cc4)c4[n+]3CCCCC4)[n+]3c2CCCCC3)cc1.[Br-].[Br-]. The molecule has 0 N–H and O–H groups in total. The number of ether oxygens (including phenoxy) is 2. The highest BCUT2D eigenvalue weighted by atomic mass is 79.9. The summed E-state index contributed by atoms with van der Waals surface area (Å²) in [5.41, 5.74) is 1.26. The zero-order valence-electron chi connectivity index (χ0n) is 25.2. The van der Waals surface area contributed by atoms with Crippen molar-refractivity contribution in [3.63, 3.8) is 0 Å². The van der Waals surface area contributed by atoms with Crippen LogP contribution in [-0.2, 0) is 39.0 Å². The van der Waals surface area contributed by atoms with Crippen molar-refractivity contribution in [2.24, 2.45) is 0 Å². The Morgan fingerprint density at radius 2 is 1.02 bits per heavy atom. The highest BCUT2D eigenvalue weighted by Crippen LogP contribution is 2.20. The molecule has 10 nitrogen and oxygen atoms in total. The second-order valence-corrected chi connectivity index (χ2v) is 11.0. The van der Waals surface area contributed by atoms with Gasteiger partial charge in [-0.2, -0.15) is 0 Å². The second-order valence-electron chi connectivity index (χ2n) is 11.0. The van der Waals surface area contributed by atoms with Crippen LogP contribution in [-0.4, -0.2) is 45.3 Å². The Hall–Kier alpha value is -3.38. The van der Waals surface area contributed by atoms with E-state index in [4.69, 9.17) is 19.7 Å². The van der Waals surface area contributed by atoms with Crippen LogP contribution >= 0.6 is 0 Å². The predicted octanol–water partition coefficient (Wildman–Crippen LogP) is -2.43. The Balaban J connectivity index is 0.00000221. The first-order valence-electron chi connectivity index (χ1n) is 14.9. The van der Waals surface area contributed by atoms with Gasteiger partial charge in [0.2, 0.25) is 11.6 Å². The number of nitrogens with zero attached hydrogens (tertiary/aromatic N) is 6. The Morgan fingerprint density at radius 3 is 1.39 bits per heavy atom. The zero-order chi connectivity index (χ0) is 29.1. The van der Waals surface area contributed by atoms with E-state index in [9.17, 15) is 9.59 Å². The first-order valence-corrected chi connectivity index (χ1v) is 14.9. The summed E-state index contributed by atoms with van der Waals surface area (Å²) in [6, 6.07) is 14.4. The molecule has 12 heteroatoms. The third-order valence-electron chi connectivity index (χ3n) is 8.34. The monoisotopic (exact) mass is 728 g/mol. The molecule has 2 aromatic carbocycles. The van der Waals surface area contributed by atoms with Gasteiger partial charge in [-0.25, -0.2) is 9.13 Å². The van der Waals surface area contributed by atoms with Crippen LogP contribution in [0.5, 0.6) is 11.5 Å². The van der Waals surface area contributed by atoms with Crippen molar-refractivity contribution >= 4 is 11.6 Å². The van der Waals surface area contributed by atoms with Crippen molar-refractivity contribution in [3.05, 3.63) is 71.3 Å². The average molecular weight is 731 g/mol. The molecule has 4 aromatic rings. The topological polar surface area (TPSA) is 96.0 Å². The lowest BCUT2D eigenvalue weighted by Crippen LogP contribution is -3.00. The maximum atomic E-state index is 13.3.